The number of carbonyl (C=O) groups excluding carboxylic acids is 1. The molecule has 0 unspecified atom stereocenters. The van der Waals surface area contributed by atoms with Crippen molar-refractivity contribution < 1.29 is 4.79 Å². The number of hydrogen-bond donors (Lipinski definition) is 1. The number of piperazine rings is 1. The molecule has 0 radical (unpaired) electrons. The number of aromatic nitrogens is 3. The lowest BCUT2D eigenvalue weighted by atomic mass is 10.1. The van der Waals surface area contributed by atoms with Crippen LogP contribution in [0.5, 0.6) is 0 Å². The molecule has 0 spiro atoms. The van der Waals surface area contributed by atoms with E-state index in [1.54, 1.807) is 11.0 Å². The fourth-order valence-electron chi connectivity index (χ4n) is 4.71. The number of hydrogen-bond acceptors (Lipinski definition) is 5. The summed E-state index contributed by atoms with van der Waals surface area (Å²) < 4.78 is 1.51. The molecule has 2 aromatic heterocycles. The van der Waals surface area contributed by atoms with E-state index in [0.717, 1.165) is 38.2 Å². The lowest BCUT2D eigenvalue weighted by Crippen LogP contribution is -2.48. The first-order valence-corrected chi connectivity index (χ1v) is 12.6. The van der Waals surface area contributed by atoms with Crippen molar-refractivity contribution in [2.24, 2.45) is 5.92 Å². The minimum atomic E-state index is -0.551. The van der Waals surface area contributed by atoms with Gasteiger partial charge in [-0.05, 0) is 42.5 Å². The molecule has 1 aliphatic heterocycles. The molecule has 1 saturated carbocycles. The van der Waals surface area contributed by atoms with Crippen LogP contribution in [0.15, 0.2) is 39.9 Å². The summed E-state index contributed by atoms with van der Waals surface area (Å²) in [7, 11) is 0. The summed E-state index contributed by atoms with van der Waals surface area (Å²) in [5.41, 5.74) is 1.61. The van der Waals surface area contributed by atoms with Crippen molar-refractivity contribution in [3.63, 3.8) is 0 Å². The second kappa shape index (κ2) is 9.59. The van der Waals surface area contributed by atoms with Gasteiger partial charge in [-0.3, -0.25) is 24.0 Å². The van der Waals surface area contributed by atoms with E-state index in [9.17, 15) is 14.4 Å². The van der Waals surface area contributed by atoms with E-state index in [1.807, 2.05) is 38.1 Å². The number of benzene rings is 1. The maximum atomic E-state index is 13.7. The molecule has 8 nitrogen and oxygen atoms in total. The van der Waals surface area contributed by atoms with Crippen LogP contribution in [0, 0.1) is 5.92 Å². The van der Waals surface area contributed by atoms with Crippen molar-refractivity contribution in [2.45, 2.75) is 45.7 Å². The number of H-pyrrole nitrogens is 1. The van der Waals surface area contributed by atoms with Crippen molar-refractivity contribution in [3.8, 4) is 0 Å². The second-order valence-electron chi connectivity index (χ2n) is 10.0. The molecule has 184 valence electrons. The molecule has 0 bridgehead atoms. The number of fused-ring (bicyclic) bond motifs is 1. The summed E-state index contributed by atoms with van der Waals surface area (Å²) in [5.74, 6) is 0.288. The van der Waals surface area contributed by atoms with Crippen LogP contribution in [0.2, 0.25) is 5.02 Å². The van der Waals surface area contributed by atoms with Gasteiger partial charge >= 0.3 is 5.69 Å². The first-order chi connectivity index (χ1) is 16.8. The third-order valence-corrected chi connectivity index (χ3v) is 6.97. The van der Waals surface area contributed by atoms with Gasteiger partial charge in [0.15, 0.2) is 5.65 Å². The Kier molecular flexibility index (Phi) is 6.51. The van der Waals surface area contributed by atoms with Crippen LogP contribution in [-0.2, 0) is 13.1 Å². The highest BCUT2D eigenvalue weighted by Crippen LogP contribution is 2.40. The van der Waals surface area contributed by atoms with Gasteiger partial charge in [-0.2, -0.15) is 0 Å². The molecule has 3 aromatic rings. The largest absolute Gasteiger partial charge is 0.336 e. The van der Waals surface area contributed by atoms with Gasteiger partial charge in [0.25, 0.3) is 11.5 Å². The average molecular weight is 496 g/mol. The average Bonchev–Trinajstić information content (AvgIpc) is 3.68. The number of pyridine rings is 1. The maximum absolute atomic E-state index is 13.7. The zero-order valence-corrected chi connectivity index (χ0v) is 20.8. The van der Waals surface area contributed by atoms with E-state index in [1.165, 1.54) is 10.1 Å². The summed E-state index contributed by atoms with van der Waals surface area (Å²) >= 11 is 5.99. The third kappa shape index (κ3) is 5.04. The number of amides is 1. The van der Waals surface area contributed by atoms with Crippen LogP contribution in [0.4, 0.5) is 0 Å². The molecule has 9 heteroatoms. The van der Waals surface area contributed by atoms with Crippen molar-refractivity contribution in [1.82, 2.24) is 24.3 Å². The molecule has 2 fully saturated rings. The molecule has 1 N–H and O–H groups in total. The van der Waals surface area contributed by atoms with Crippen molar-refractivity contribution in [1.29, 1.82) is 0 Å². The third-order valence-electron chi connectivity index (χ3n) is 6.72. The highest BCUT2D eigenvalue weighted by molar-refractivity contribution is 6.30. The van der Waals surface area contributed by atoms with Gasteiger partial charge in [0.05, 0.1) is 10.9 Å². The quantitative estimate of drug-likeness (QED) is 0.567. The minimum Gasteiger partial charge on any atom is -0.336 e. The van der Waals surface area contributed by atoms with E-state index in [4.69, 9.17) is 16.6 Å². The van der Waals surface area contributed by atoms with Gasteiger partial charge in [-0.25, -0.2) is 9.78 Å². The van der Waals surface area contributed by atoms with E-state index in [0.29, 0.717) is 35.9 Å². The summed E-state index contributed by atoms with van der Waals surface area (Å²) in [4.78, 5) is 50.5. The SMILES string of the molecule is CC(C)Cn1c(=O)[nH]c(=O)c2c(C(=O)N3CCN(Cc4ccc(Cl)cc4)CC3)cc(C3CC3)nc21. The summed E-state index contributed by atoms with van der Waals surface area (Å²) in [6.07, 6.45) is 2.01. The predicted octanol–water partition coefficient (Wildman–Crippen LogP) is 3.23. The van der Waals surface area contributed by atoms with Crippen molar-refractivity contribution in [3.05, 3.63) is 73.0 Å². The highest BCUT2D eigenvalue weighted by Gasteiger charge is 2.31. The fraction of sp³-hybridized carbons (Fsp3) is 0.462. The number of carbonyl (C=O) groups is 1. The predicted molar refractivity (Wildman–Crippen MR) is 136 cm³/mol. The Morgan fingerprint density at radius 3 is 2.43 bits per heavy atom. The fourth-order valence-corrected chi connectivity index (χ4v) is 4.84. The maximum Gasteiger partial charge on any atom is 0.330 e. The van der Waals surface area contributed by atoms with Gasteiger partial charge in [0, 0.05) is 55.9 Å². The molecule has 0 atom stereocenters. The Bertz CT molecular complexity index is 1370. The summed E-state index contributed by atoms with van der Waals surface area (Å²) in [6, 6.07) is 9.59. The van der Waals surface area contributed by atoms with Gasteiger partial charge in [-0.15, -0.1) is 0 Å². The van der Waals surface area contributed by atoms with E-state index >= 15 is 0 Å². The van der Waals surface area contributed by atoms with Crippen molar-refractivity contribution >= 4 is 28.5 Å². The minimum absolute atomic E-state index is 0.175. The van der Waals surface area contributed by atoms with Gasteiger partial charge in [0.2, 0.25) is 0 Å². The Morgan fingerprint density at radius 2 is 1.80 bits per heavy atom. The van der Waals surface area contributed by atoms with E-state index in [-0.39, 0.29) is 23.1 Å². The zero-order chi connectivity index (χ0) is 24.7. The second-order valence-corrected chi connectivity index (χ2v) is 10.5. The number of nitrogens with one attached hydrogen (secondary N) is 1. The van der Waals surface area contributed by atoms with Crippen LogP contribution in [0.25, 0.3) is 11.0 Å². The molecule has 1 saturated heterocycles. The lowest BCUT2D eigenvalue weighted by molar-refractivity contribution is 0.0630. The molecule has 3 heterocycles. The zero-order valence-electron chi connectivity index (χ0n) is 20.1. The molecule has 1 amide bonds. The first kappa shape index (κ1) is 23.8. The van der Waals surface area contributed by atoms with Gasteiger partial charge in [-0.1, -0.05) is 37.6 Å². The Balaban J connectivity index is 1.44. The molecule has 2 aliphatic rings. The van der Waals surface area contributed by atoms with Crippen LogP contribution < -0.4 is 11.2 Å². The smallest absolute Gasteiger partial charge is 0.330 e. The van der Waals surface area contributed by atoms with Crippen molar-refractivity contribution in [2.75, 3.05) is 26.2 Å². The van der Waals surface area contributed by atoms with Gasteiger partial charge < -0.3 is 4.90 Å². The Labute approximate surface area is 208 Å². The number of halogens is 1. The van der Waals surface area contributed by atoms with E-state index in [2.05, 4.69) is 9.88 Å². The van der Waals surface area contributed by atoms with Crippen LogP contribution >= 0.6 is 11.6 Å². The highest BCUT2D eigenvalue weighted by atomic mass is 35.5. The summed E-state index contributed by atoms with van der Waals surface area (Å²) in [5, 5.41) is 0.927. The molecule has 5 rings (SSSR count). The molecule has 35 heavy (non-hydrogen) atoms. The standard InChI is InChI=1S/C26H30ClN5O3/c1-16(2)14-32-23-22(24(33)29-26(32)35)20(13-21(28-23)18-5-6-18)25(34)31-11-9-30(10-12-31)15-17-3-7-19(27)8-4-17/h3-4,7-8,13,16,18H,5-6,9-12,14-15H2,1-2H3,(H,29,33,35). The topological polar surface area (TPSA) is 91.3 Å². The normalized spacial score (nSPS) is 16.9. The molecular weight excluding hydrogens is 466 g/mol. The Morgan fingerprint density at radius 1 is 1.11 bits per heavy atom. The van der Waals surface area contributed by atoms with Crippen LogP contribution in [0.3, 0.4) is 0 Å². The van der Waals surface area contributed by atoms with Crippen LogP contribution in [-0.4, -0.2) is 56.4 Å². The first-order valence-electron chi connectivity index (χ1n) is 12.2. The number of rotatable bonds is 6. The monoisotopic (exact) mass is 495 g/mol. The molecule has 1 aromatic carbocycles. The lowest BCUT2D eigenvalue weighted by Gasteiger charge is -2.35. The van der Waals surface area contributed by atoms with E-state index < -0.39 is 11.2 Å². The van der Waals surface area contributed by atoms with Crippen LogP contribution in [0.1, 0.15) is 54.2 Å². The molecular formula is C26H30ClN5O3. The number of aromatic amines is 1. The molecule has 1 aliphatic carbocycles. The number of nitrogens with zero attached hydrogens (tertiary/aromatic N) is 4. The van der Waals surface area contributed by atoms with Gasteiger partial charge in [0.1, 0.15) is 0 Å². The Hall–Kier alpha value is -2.97. The summed E-state index contributed by atoms with van der Waals surface area (Å²) in [6.45, 7) is 7.83.